The van der Waals surface area contributed by atoms with Crippen LogP contribution < -0.4 is 10.5 Å². The molecule has 88 valence electrons. The van der Waals surface area contributed by atoms with E-state index in [4.69, 9.17) is 10.5 Å². The maximum atomic E-state index is 6.17. The molecule has 0 aliphatic carbocycles. The summed E-state index contributed by atoms with van der Waals surface area (Å²) < 4.78 is 6.96. The van der Waals surface area contributed by atoms with E-state index in [-0.39, 0.29) is 12.1 Å². The summed E-state index contributed by atoms with van der Waals surface area (Å²) in [5.74, 6) is 0.858. The number of nitrogens with zero attached hydrogens (tertiary/aromatic N) is 1. The molecule has 2 heterocycles. The van der Waals surface area contributed by atoms with Gasteiger partial charge in [-0.3, -0.25) is 0 Å². The van der Waals surface area contributed by atoms with Crippen LogP contribution in [0.2, 0.25) is 0 Å². The maximum absolute atomic E-state index is 6.17. The molecule has 2 N–H and O–H groups in total. The molecule has 1 aliphatic heterocycles. The second-order valence-electron chi connectivity index (χ2n) is 4.04. The first-order valence-electron chi connectivity index (χ1n) is 5.34. The zero-order valence-electron chi connectivity index (χ0n) is 8.97. The summed E-state index contributed by atoms with van der Waals surface area (Å²) in [5, 5.41) is 2.01. The topological polar surface area (TPSA) is 48.1 Å². The lowest BCUT2D eigenvalue weighted by atomic mass is 9.96. The van der Waals surface area contributed by atoms with Crippen molar-refractivity contribution in [3.63, 3.8) is 0 Å². The lowest BCUT2D eigenvalue weighted by molar-refractivity contribution is 0.158. The van der Waals surface area contributed by atoms with Crippen LogP contribution in [0.15, 0.2) is 33.6 Å². The molecule has 2 aromatic rings. The molecule has 0 bridgehead atoms. The van der Waals surface area contributed by atoms with Gasteiger partial charge in [0.1, 0.15) is 11.9 Å². The Balaban J connectivity index is 1.97. The van der Waals surface area contributed by atoms with Crippen molar-refractivity contribution in [1.29, 1.82) is 0 Å². The van der Waals surface area contributed by atoms with Gasteiger partial charge in [-0.25, -0.2) is 4.98 Å². The first-order chi connectivity index (χ1) is 8.24. The second-order valence-corrected chi connectivity index (χ2v) is 5.68. The lowest BCUT2D eigenvalue weighted by Crippen LogP contribution is -2.24. The minimum atomic E-state index is -0.0296. The van der Waals surface area contributed by atoms with Gasteiger partial charge in [-0.05, 0) is 12.1 Å². The standard InChI is InChI=1S/C12H11BrN2OS/c13-7-1-2-8-9(14)4-12(16-11(8)3-7)10-5-17-6-15-10/h1-3,5-6,9,12H,4,14H2. The van der Waals surface area contributed by atoms with Crippen molar-refractivity contribution in [3.8, 4) is 5.75 Å². The zero-order chi connectivity index (χ0) is 11.8. The summed E-state index contributed by atoms with van der Waals surface area (Å²) in [7, 11) is 0. The van der Waals surface area contributed by atoms with E-state index in [0.717, 1.165) is 27.9 Å². The van der Waals surface area contributed by atoms with E-state index in [1.54, 1.807) is 11.3 Å². The van der Waals surface area contributed by atoms with Crippen molar-refractivity contribution in [2.75, 3.05) is 0 Å². The zero-order valence-corrected chi connectivity index (χ0v) is 11.4. The largest absolute Gasteiger partial charge is 0.484 e. The number of rotatable bonds is 1. The van der Waals surface area contributed by atoms with E-state index in [0.29, 0.717) is 0 Å². The number of nitrogens with two attached hydrogens (primary N) is 1. The fourth-order valence-electron chi connectivity index (χ4n) is 2.04. The van der Waals surface area contributed by atoms with Gasteiger partial charge in [0, 0.05) is 27.9 Å². The smallest absolute Gasteiger partial charge is 0.143 e. The number of hydrogen-bond acceptors (Lipinski definition) is 4. The molecule has 5 heteroatoms. The van der Waals surface area contributed by atoms with Crippen molar-refractivity contribution < 1.29 is 4.74 Å². The van der Waals surface area contributed by atoms with Crippen molar-refractivity contribution in [2.45, 2.75) is 18.6 Å². The highest BCUT2D eigenvalue weighted by Gasteiger charge is 2.28. The summed E-state index contributed by atoms with van der Waals surface area (Å²) in [6.45, 7) is 0. The molecule has 2 unspecified atom stereocenters. The van der Waals surface area contributed by atoms with E-state index in [2.05, 4.69) is 20.9 Å². The molecule has 0 radical (unpaired) electrons. The predicted molar refractivity (Wildman–Crippen MR) is 71.2 cm³/mol. The summed E-state index contributed by atoms with van der Waals surface area (Å²) in [6.07, 6.45) is 0.747. The summed E-state index contributed by atoms with van der Waals surface area (Å²) in [6, 6.07) is 5.99. The van der Waals surface area contributed by atoms with Crippen LogP contribution >= 0.6 is 27.3 Å². The molecule has 1 aromatic carbocycles. The molecular weight excluding hydrogens is 300 g/mol. The van der Waals surface area contributed by atoms with Crippen molar-refractivity contribution >= 4 is 27.3 Å². The monoisotopic (exact) mass is 310 g/mol. The van der Waals surface area contributed by atoms with Crippen molar-refractivity contribution in [1.82, 2.24) is 4.98 Å². The Kier molecular flexibility index (Phi) is 2.90. The van der Waals surface area contributed by atoms with Gasteiger partial charge in [-0.2, -0.15) is 0 Å². The number of fused-ring (bicyclic) bond motifs is 1. The Hall–Kier alpha value is -0.910. The van der Waals surface area contributed by atoms with Gasteiger partial charge in [0.25, 0.3) is 0 Å². The van der Waals surface area contributed by atoms with Crippen molar-refractivity contribution in [3.05, 3.63) is 44.8 Å². The number of ether oxygens (including phenoxy) is 1. The average Bonchev–Trinajstić information content (AvgIpc) is 2.81. The third kappa shape index (κ3) is 2.10. The van der Waals surface area contributed by atoms with Crippen LogP contribution in [0.4, 0.5) is 0 Å². The van der Waals surface area contributed by atoms with Crippen LogP contribution in [0, 0.1) is 0 Å². The minimum Gasteiger partial charge on any atom is -0.484 e. The van der Waals surface area contributed by atoms with Crippen LogP contribution in [0.5, 0.6) is 5.75 Å². The number of benzene rings is 1. The quantitative estimate of drug-likeness (QED) is 0.878. The molecule has 0 spiro atoms. The fraction of sp³-hybridized carbons (Fsp3) is 0.250. The van der Waals surface area contributed by atoms with Crippen molar-refractivity contribution in [2.24, 2.45) is 5.73 Å². The minimum absolute atomic E-state index is 0.0125. The van der Waals surface area contributed by atoms with E-state index in [1.165, 1.54) is 0 Å². The molecule has 17 heavy (non-hydrogen) atoms. The van der Waals surface area contributed by atoms with Crippen LogP contribution in [-0.4, -0.2) is 4.98 Å². The van der Waals surface area contributed by atoms with Crippen LogP contribution in [0.1, 0.15) is 29.8 Å². The number of thiazole rings is 1. The van der Waals surface area contributed by atoms with E-state index in [9.17, 15) is 0 Å². The molecule has 1 aromatic heterocycles. The molecule has 3 rings (SSSR count). The highest BCUT2D eigenvalue weighted by Crippen LogP contribution is 2.40. The van der Waals surface area contributed by atoms with E-state index in [1.807, 2.05) is 29.1 Å². The molecule has 0 saturated heterocycles. The Bertz CT molecular complexity index is 529. The lowest BCUT2D eigenvalue weighted by Gasteiger charge is -2.29. The molecule has 3 nitrogen and oxygen atoms in total. The van der Waals surface area contributed by atoms with Gasteiger partial charge in [-0.15, -0.1) is 11.3 Å². The molecule has 1 aliphatic rings. The van der Waals surface area contributed by atoms with Gasteiger partial charge in [-0.1, -0.05) is 22.0 Å². The van der Waals surface area contributed by atoms with Gasteiger partial charge in [0.05, 0.1) is 11.2 Å². The molecule has 0 fully saturated rings. The SMILES string of the molecule is NC1CC(c2cscn2)Oc2cc(Br)ccc21. The van der Waals surface area contributed by atoms with E-state index >= 15 is 0 Å². The molecular formula is C12H11BrN2OS. The predicted octanol–water partition coefficient (Wildman–Crippen LogP) is 3.43. The summed E-state index contributed by atoms with van der Waals surface area (Å²) in [4.78, 5) is 4.30. The fourth-order valence-corrected chi connectivity index (χ4v) is 2.97. The van der Waals surface area contributed by atoms with Crippen LogP contribution in [0.25, 0.3) is 0 Å². The molecule has 0 saturated carbocycles. The van der Waals surface area contributed by atoms with Crippen LogP contribution in [0.3, 0.4) is 0 Å². The number of hydrogen-bond donors (Lipinski definition) is 1. The van der Waals surface area contributed by atoms with Gasteiger partial charge in [0.15, 0.2) is 0 Å². The average molecular weight is 311 g/mol. The highest BCUT2D eigenvalue weighted by molar-refractivity contribution is 9.10. The Morgan fingerprint density at radius 2 is 2.35 bits per heavy atom. The first kappa shape index (κ1) is 11.2. The Labute approximate surface area is 112 Å². The van der Waals surface area contributed by atoms with Gasteiger partial charge in [0.2, 0.25) is 0 Å². The first-order valence-corrected chi connectivity index (χ1v) is 7.07. The third-order valence-corrected chi connectivity index (χ3v) is 3.99. The molecule has 0 amide bonds. The Morgan fingerprint density at radius 1 is 1.47 bits per heavy atom. The Morgan fingerprint density at radius 3 is 3.12 bits per heavy atom. The van der Waals surface area contributed by atoms with Crippen LogP contribution in [-0.2, 0) is 0 Å². The molecule has 2 atom stereocenters. The highest BCUT2D eigenvalue weighted by atomic mass is 79.9. The second kappa shape index (κ2) is 4.40. The van der Waals surface area contributed by atoms with Gasteiger partial charge >= 0.3 is 0 Å². The maximum Gasteiger partial charge on any atom is 0.143 e. The summed E-state index contributed by atoms with van der Waals surface area (Å²) >= 11 is 5.02. The van der Waals surface area contributed by atoms with E-state index < -0.39 is 0 Å². The normalized spacial score (nSPS) is 22.9. The number of halogens is 1. The number of aromatic nitrogens is 1. The third-order valence-electron chi connectivity index (χ3n) is 2.89. The van der Waals surface area contributed by atoms with Gasteiger partial charge < -0.3 is 10.5 Å². The summed E-state index contributed by atoms with van der Waals surface area (Å²) in [5.41, 5.74) is 10.0.